The molecule has 0 fully saturated rings. The normalized spacial score (nSPS) is 14.8. The summed E-state index contributed by atoms with van der Waals surface area (Å²) in [6.45, 7) is 0.743. The first-order valence-electron chi connectivity index (χ1n) is 6.43. The van der Waals surface area contributed by atoms with Gasteiger partial charge in [-0.15, -0.1) is 11.8 Å². The zero-order valence-corrected chi connectivity index (χ0v) is 14.2. The molecule has 0 spiro atoms. The third kappa shape index (κ3) is 2.59. The lowest BCUT2D eigenvalue weighted by atomic mass is 10.0. The van der Waals surface area contributed by atoms with Crippen molar-refractivity contribution in [3.8, 4) is 5.75 Å². The van der Waals surface area contributed by atoms with Crippen LogP contribution >= 0.6 is 39.3 Å². The number of thioether (sulfide) groups is 1. The number of hydrogen-bond donors (Lipinski definition) is 0. The van der Waals surface area contributed by atoms with Crippen LogP contribution in [-0.4, -0.2) is 12.9 Å². The number of alkyl halides is 1. The highest BCUT2D eigenvalue weighted by molar-refractivity contribution is 9.09. The van der Waals surface area contributed by atoms with Crippen LogP contribution in [0, 0.1) is 0 Å². The molecule has 0 amide bonds. The highest BCUT2D eigenvalue weighted by Gasteiger charge is 2.24. The highest BCUT2D eigenvalue weighted by Crippen LogP contribution is 2.44. The molecule has 1 nitrogen and oxygen atoms in total. The fourth-order valence-corrected chi connectivity index (χ4v) is 4.31. The lowest BCUT2D eigenvalue weighted by Crippen LogP contribution is -1.98. The van der Waals surface area contributed by atoms with E-state index in [1.54, 1.807) is 11.8 Å². The Kier molecular flexibility index (Phi) is 4.29. The summed E-state index contributed by atoms with van der Waals surface area (Å²) < 4.78 is 5.81. The quantitative estimate of drug-likeness (QED) is 0.523. The lowest BCUT2D eigenvalue weighted by molar-refractivity contribution is 0.354. The summed E-state index contributed by atoms with van der Waals surface area (Å²) in [5.41, 5.74) is 3.57. The van der Waals surface area contributed by atoms with E-state index < -0.39 is 0 Å². The first-order valence-corrected chi connectivity index (χ1v) is 8.94. The molecule has 0 aromatic heterocycles. The van der Waals surface area contributed by atoms with Gasteiger partial charge < -0.3 is 4.74 Å². The predicted octanol–water partition coefficient (Wildman–Crippen LogP) is 5.48. The van der Waals surface area contributed by atoms with Crippen LogP contribution in [0.25, 0.3) is 0 Å². The zero-order valence-electron chi connectivity index (χ0n) is 11.0. The van der Waals surface area contributed by atoms with Gasteiger partial charge in [0.1, 0.15) is 5.75 Å². The molecule has 1 aliphatic rings. The van der Waals surface area contributed by atoms with Gasteiger partial charge in [0.2, 0.25) is 0 Å². The Hall–Kier alpha value is -0.640. The lowest BCUT2D eigenvalue weighted by Gasteiger charge is -2.17. The van der Waals surface area contributed by atoms with Crippen molar-refractivity contribution < 1.29 is 4.74 Å². The molecule has 3 rings (SSSR count). The van der Waals surface area contributed by atoms with Crippen molar-refractivity contribution in [2.75, 3.05) is 12.9 Å². The molecule has 2 aromatic carbocycles. The summed E-state index contributed by atoms with van der Waals surface area (Å²) in [6, 6.07) is 12.4. The van der Waals surface area contributed by atoms with E-state index >= 15 is 0 Å². The van der Waals surface area contributed by atoms with Crippen LogP contribution in [0.15, 0.2) is 41.3 Å². The topological polar surface area (TPSA) is 9.23 Å². The van der Waals surface area contributed by atoms with Crippen LogP contribution in [0.3, 0.4) is 0 Å². The predicted molar refractivity (Wildman–Crippen MR) is 89.6 cm³/mol. The molecule has 104 valence electrons. The van der Waals surface area contributed by atoms with Crippen molar-refractivity contribution in [3.05, 3.63) is 58.1 Å². The average Bonchev–Trinajstić information content (AvgIpc) is 2.93. The maximum atomic E-state index is 6.25. The molecule has 20 heavy (non-hydrogen) atoms. The van der Waals surface area contributed by atoms with Crippen molar-refractivity contribution in [1.82, 2.24) is 0 Å². The smallest absolute Gasteiger partial charge is 0.127 e. The number of fused-ring (bicyclic) bond motifs is 1. The second kappa shape index (κ2) is 6.00. The molecule has 0 aliphatic carbocycles. The summed E-state index contributed by atoms with van der Waals surface area (Å²) in [5, 5.41) is 0.773. The Balaban J connectivity index is 2.09. The van der Waals surface area contributed by atoms with Gasteiger partial charge in [0.05, 0.1) is 11.4 Å². The van der Waals surface area contributed by atoms with Crippen molar-refractivity contribution in [1.29, 1.82) is 0 Å². The van der Waals surface area contributed by atoms with Gasteiger partial charge in [-0.1, -0.05) is 45.7 Å². The van der Waals surface area contributed by atoms with Gasteiger partial charge in [-0.05, 0) is 35.6 Å². The van der Waals surface area contributed by atoms with E-state index in [2.05, 4.69) is 46.5 Å². The first kappa shape index (κ1) is 14.3. The van der Waals surface area contributed by atoms with E-state index in [4.69, 9.17) is 16.3 Å². The van der Waals surface area contributed by atoms with Crippen molar-refractivity contribution in [3.63, 3.8) is 0 Å². The molecule has 1 heterocycles. The van der Waals surface area contributed by atoms with Crippen LogP contribution in [0.1, 0.15) is 21.5 Å². The third-order valence-corrected chi connectivity index (χ3v) is 5.48. The van der Waals surface area contributed by atoms with Gasteiger partial charge in [-0.2, -0.15) is 0 Å². The molecular weight excluding hydrogens is 356 g/mol. The SMILES string of the molecule is CSc1ccccc1C(Br)c1cc(Cl)cc2c1OCC2. The van der Waals surface area contributed by atoms with Crippen molar-refractivity contribution in [2.24, 2.45) is 0 Å². The molecule has 0 N–H and O–H groups in total. The number of hydrogen-bond acceptors (Lipinski definition) is 2. The minimum atomic E-state index is 0.0942. The average molecular weight is 370 g/mol. The molecule has 0 saturated heterocycles. The standard InChI is InChI=1S/C16H14BrClOS/c1-20-14-5-3-2-4-12(14)15(17)13-9-11(18)8-10-6-7-19-16(10)13/h2-5,8-9,15H,6-7H2,1H3. The van der Waals surface area contributed by atoms with Gasteiger partial charge in [0.15, 0.2) is 0 Å². The van der Waals surface area contributed by atoms with E-state index in [9.17, 15) is 0 Å². The molecule has 4 heteroatoms. The molecule has 2 aromatic rings. The molecule has 1 unspecified atom stereocenters. The van der Waals surface area contributed by atoms with Crippen LogP contribution in [0.5, 0.6) is 5.75 Å². The fourth-order valence-electron chi connectivity index (χ4n) is 2.53. The Morgan fingerprint density at radius 2 is 2.05 bits per heavy atom. The van der Waals surface area contributed by atoms with Gasteiger partial charge >= 0.3 is 0 Å². The van der Waals surface area contributed by atoms with Crippen LogP contribution in [0.4, 0.5) is 0 Å². The van der Waals surface area contributed by atoms with Gasteiger partial charge in [-0.3, -0.25) is 0 Å². The summed E-state index contributed by atoms with van der Waals surface area (Å²) >= 11 is 11.8. The Morgan fingerprint density at radius 1 is 1.25 bits per heavy atom. The van der Waals surface area contributed by atoms with Gasteiger partial charge in [0.25, 0.3) is 0 Å². The monoisotopic (exact) mass is 368 g/mol. The number of halogens is 2. The number of rotatable bonds is 3. The Labute approximate surface area is 136 Å². The third-order valence-electron chi connectivity index (χ3n) is 3.46. The van der Waals surface area contributed by atoms with Crippen LogP contribution < -0.4 is 4.74 Å². The zero-order chi connectivity index (χ0) is 14.1. The van der Waals surface area contributed by atoms with E-state index in [-0.39, 0.29) is 4.83 Å². The molecular formula is C16H14BrClOS. The van der Waals surface area contributed by atoms with Crippen molar-refractivity contribution >= 4 is 39.3 Å². The number of ether oxygens (including phenoxy) is 1. The highest BCUT2D eigenvalue weighted by atomic mass is 79.9. The van der Waals surface area contributed by atoms with E-state index in [1.807, 2.05) is 12.1 Å². The largest absolute Gasteiger partial charge is 0.493 e. The molecule has 1 aliphatic heterocycles. The molecule has 1 atom stereocenters. The van der Waals surface area contributed by atoms with E-state index in [1.165, 1.54) is 16.0 Å². The summed E-state index contributed by atoms with van der Waals surface area (Å²) in [4.78, 5) is 1.36. The first-order chi connectivity index (χ1) is 9.70. The van der Waals surface area contributed by atoms with Crippen LogP contribution in [-0.2, 0) is 6.42 Å². The van der Waals surface area contributed by atoms with Gasteiger partial charge in [0, 0.05) is 21.9 Å². The Bertz CT molecular complexity index is 644. The fraction of sp³-hybridized carbons (Fsp3) is 0.250. The Morgan fingerprint density at radius 3 is 2.85 bits per heavy atom. The molecule has 0 saturated carbocycles. The molecule has 0 radical (unpaired) electrons. The van der Waals surface area contributed by atoms with E-state index in [0.29, 0.717) is 0 Å². The summed E-state index contributed by atoms with van der Waals surface area (Å²) in [5.74, 6) is 0.993. The van der Waals surface area contributed by atoms with E-state index in [0.717, 1.165) is 29.4 Å². The minimum absolute atomic E-state index is 0.0942. The maximum Gasteiger partial charge on any atom is 0.127 e. The maximum absolute atomic E-state index is 6.25. The second-order valence-electron chi connectivity index (χ2n) is 4.69. The summed E-state index contributed by atoms with van der Waals surface area (Å²) in [6.07, 6.45) is 3.03. The number of benzene rings is 2. The summed E-state index contributed by atoms with van der Waals surface area (Å²) in [7, 11) is 0. The minimum Gasteiger partial charge on any atom is -0.493 e. The van der Waals surface area contributed by atoms with Gasteiger partial charge in [-0.25, -0.2) is 0 Å². The molecule has 0 bridgehead atoms. The van der Waals surface area contributed by atoms with Crippen molar-refractivity contribution in [2.45, 2.75) is 16.1 Å². The van der Waals surface area contributed by atoms with Crippen LogP contribution in [0.2, 0.25) is 5.02 Å². The second-order valence-corrected chi connectivity index (χ2v) is 6.89.